The van der Waals surface area contributed by atoms with Crippen molar-refractivity contribution in [2.75, 3.05) is 43.6 Å². The molecule has 0 amide bonds. The van der Waals surface area contributed by atoms with E-state index < -0.39 is 20.7 Å². The first kappa shape index (κ1) is 30.6. The quantitative estimate of drug-likeness (QED) is 0.192. The van der Waals surface area contributed by atoms with Crippen molar-refractivity contribution < 1.29 is 22.3 Å². The predicted molar refractivity (Wildman–Crippen MR) is 172 cm³/mol. The van der Waals surface area contributed by atoms with E-state index in [1.54, 1.807) is 23.6 Å². The molecule has 1 aliphatic heterocycles. The third kappa shape index (κ3) is 5.74. The molecule has 8 nitrogen and oxygen atoms in total. The van der Waals surface area contributed by atoms with Crippen molar-refractivity contribution >= 4 is 44.5 Å². The Hall–Kier alpha value is -3.38. The summed E-state index contributed by atoms with van der Waals surface area (Å²) in [4.78, 5) is 8.18. The highest BCUT2D eigenvalue weighted by Gasteiger charge is 2.36. The van der Waals surface area contributed by atoms with Gasteiger partial charge in [-0.3, -0.25) is 4.90 Å². The van der Waals surface area contributed by atoms with Crippen LogP contribution in [0.3, 0.4) is 0 Å². The van der Waals surface area contributed by atoms with Crippen molar-refractivity contribution in [3.8, 4) is 11.5 Å². The third-order valence-corrected chi connectivity index (χ3v) is 11.4. The van der Waals surface area contributed by atoms with Crippen LogP contribution in [-0.4, -0.2) is 58.7 Å². The molecule has 3 aromatic carbocycles. The second kappa shape index (κ2) is 12.5. The number of rotatable bonds is 10. The molecule has 1 saturated heterocycles. The molecule has 1 fully saturated rings. The van der Waals surface area contributed by atoms with Crippen LogP contribution in [0.25, 0.3) is 0 Å². The van der Waals surface area contributed by atoms with Crippen molar-refractivity contribution in [1.82, 2.24) is 9.88 Å². The molecule has 1 aromatic heterocycles. The van der Waals surface area contributed by atoms with Gasteiger partial charge in [0.25, 0.3) is 10.0 Å². The van der Waals surface area contributed by atoms with Gasteiger partial charge >= 0.3 is 0 Å². The van der Waals surface area contributed by atoms with E-state index in [0.29, 0.717) is 28.8 Å². The molecule has 0 spiro atoms. The number of anilines is 2. The summed E-state index contributed by atoms with van der Waals surface area (Å²) in [6.45, 7) is 1.60. The number of aromatic nitrogens is 1. The number of hydrogen-bond acceptors (Lipinski definition) is 8. The molecule has 2 heterocycles. The summed E-state index contributed by atoms with van der Waals surface area (Å²) in [6.07, 6.45) is 3.07. The fourth-order valence-electron chi connectivity index (χ4n) is 6.34. The van der Waals surface area contributed by atoms with E-state index in [2.05, 4.69) is 34.1 Å². The van der Waals surface area contributed by atoms with E-state index in [-0.39, 0.29) is 23.4 Å². The topological polar surface area (TPSA) is 75.2 Å². The van der Waals surface area contributed by atoms with Gasteiger partial charge in [0.1, 0.15) is 22.2 Å². The summed E-state index contributed by atoms with van der Waals surface area (Å²) in [6, 6.07) is 16.6. The number of sulfonamides is 1. The van der Waals surface area contributed by atoms with Gasteiger partial charge in [-0.1, -0.05) is 35.9 Å². The molecular weight excluding hydrogens is 623 g/mol. The van der Waals surface area contributed by atoms with Crippen LogP contribution in [0.2, 0.25) is 5.02 Å². The Labute approximate surface area is 266 Å². The summed E-state index contributed by atoms with van der Waals surface area (Å²) < 4.78 is 55.9. The average Bonchev–Trinajstić information content (AvgIpc) is 3.81. The predicted octanol–water partition coefficient (Wildman–Crippen LogP) is 6.55. The summed E-state index contributed by atoms with van der Waals surface area (Å²) in [5, 5.41) is 1.77. The molecule has 44 heavy (non-hydrogen) atoms. The molecule has 0 bridgehead atoms. The van der Waals surface area contributed by atoms with Gasteiger partial charge in [0.15, 0.2) is 5.82 Å². The van der Waals surface area contributed by atoms with Gasteiger partial charge in [-0.15, -0.1) is 11.3 Å². The van der Waals surface area contributed by atoms with Crippen LogP contribution in [0, 0.1) is 5.82 Å². The van der Waals surface area contributed by atoms with Crippen LogP contribution in [0.15, 0.2) is 70.4 Å². The number of halogens is 2. The second-order valence-corrected chi connectivity index (χ2v) is 14.0. The summed E-state index contributed by atoms with van der Waals surface area (Å²) in [5.41, 5.74) is 5.35. The maximum atomic E-state index is 15.9. The molecule has 6 rings (SSSR count). The van der Waals surface area contributed by atoms with E-state index in [0.717, 1.165) is 36.7 Å². The highest BCUT2D eigenvalue weighted by molar-refractivity contribution is 7.92. The Morgan fingerprint density at radius 3 is 2.68 bits per heavy atom. The van der Waals surface area contributed by atoms with Crippen LogP contribution in [-0.2, 0) is 23.0 Å². The third-order valence-electron chi connectivity index (χ3n) is 8.72. The van der Waals surface area contributed by atoms with Gasteiger partial charge in [-0.2, -0.15) is 0 Å². The smallest absolute Gasteiger partial charge is 0.268 e. The Morgan fingerprint density at radius 1 is 1.11 bits per heavy atom. The van der Waals surface area contributed by atoms with E-state index >= 15 is 4.39 Å². The highest BCUT2D eigenvalue weighted by Crippen LogP contribution is 2.40. The maximum absolute atomic E-state index is 15.9. The number of likely N-dealkylation sites (N-methyl/N-ethyl adjacent to an activating group) is 1. The lowest BCUT2D eigenvalue weighted by Crippen LogP contribution is -2.36. The average molecular weight is 657 g/mol. The molecule has 4 aromatic rings. The van der Waals surface area contributed by atoms with Crippen LogP contribution in [0.4, 0.5) is 15.9 Å². The highest BCUT2D eigenvalue weighted by atomic mass is 35.5. The van der Waals surface area contributed by atoms with Crippen molar-refractivity contribution in [2.45, 2.75) is 42.8 Å². The molecule has 0 N–H and O–H groups in total. The van der Waals surface area contributed by atoms with Gasteiger partial charge in [0.05, 0.1) is 37.0 Å². The summed E-state index contributed by atoms with van der Waals surface area (Å²) in [5.74, 6) is 0.286. The van der Waals surface area contributed by atoms with Crippen LogP contribution in [0.1, 0.15) is 35.6 Å². The first-order valence-electron chi connectivity index (χ1n) is 14.4. The molecule has 12 heteroatoms. The van der Waals surface area contributed by atoms with Crippen LogP contribution >= 0.6 is 22.9 Å². The van der Waals surface area contributed by atoms with Gasteiger partial charge in [-0.05, 0) is 48.6 Å². The first-order chi connectivity index (χ1) is 21.2. The van der Waals surface area contributed by atoms with Crippen molar-refractivity contribution in [1.29, 1.82) is 0 Å². The molecule has 232 valence electrons. The lowest BCUT2D eigenvalue weighted by molar-refractivity contribution is 0.242. The minimum absolute atomic E-state index is 0.108. The zero-order valence-electron chi connectivity index (χ0n) is 24.7. The van der Waals surface area contributed by atoms with Gasteiger partial charge < -0.3 is 14.4 Å². The lowest BCUT2D eigenvalue weighted by Gasteiger charge is -2.30. The van der Waals surface area contributed by atoms with Crippen LogP contribution < -0.4 is 18.7 Å². The Bertz CT molecular complexity index is 1760. The molecule has 1 aliphatic carbocycles. The molecule has 2 atom stereocenters. The number of methoxy groups -OCH3 is 2. The second-order valence-electron chi connectivity index (χ2n) is 11.1. The number of benzene rings is 3. The molecule has 0 radical (unpaired) electrons. The monoisotopic (exact) mass is 656 g/mol. The largest absolute Gasteiger partial charge is 0.497 e. The Morgan fingerprint density at radius 2 is 1.93 bits per heavy atom. The fraction of sp³-hybridized carbons (Fsp3) is 0.344. The molecular formula is C32H34ClFN4O4S2. The van der Waals surface area contributed by atoms with E-state index in [1.807, 2.05) is 11.9 Å². The zero-order chi connectivity index (χ0) is 31.0. The normalized spacial score (nSPS) is 18.3. The number of thiazole rings is 1. The lowest BCUT2D eigenvalue weighted by atomic mass is 10.1. The van der Waals surface area contributed by atoms with Gasteiger partial charge in [0.2, 0.25) is 0 Å². The number of likely N-dealkylation sites (tertiary alicyclic amines) is 1. The maximum Gasteiger partial charge on any atom is 0.268 e. The zero-order valence-corrected chi connectivity index (χ0v) is 27.1. The Kier molecular flexibility index (Phi) is 8.74. The standard InChI is InChI=1S/C32H34ClFN4O4S2/c1-36(23-12-13-37(18-23)28-11-9-21-6-4-5-7-25(21)28)29-16-27(34)31(15-26(29)33)44(39,40)38(32-19-43-20-35-32)17-22-8-10-24(41-2)14-30(22)42-3/h4-8,10,14-16,19-20,23,28H,9,11-13,17-18H2,1-3H3/t23?,28-/m0/s1. The Balaban J connectivity index is 1.26. The number of hydrogen-bond donors (Lipinski definition) is 0. The summed E-state index contributed by atoms with van der Waals surface area (Å²) >= 11 is 7.97. The van der Waals surface area contributed by atoms with E-state index in [4.69, 9.17) is 21.1 Å². The minimum Gasteiger partial charge on any atom is -0.497 e. The van der Waals surface area contributed by atoms with E-state index in [1.165, 1.54) is 54.3 Å². The number of ether oxygens (including phenoxy) is 2. The molecule has 1 unspecified atom stereocenters. The number of nitrogens with zero attached hydrogens (tertiary/aromatic N) is 4. The molecule has 0 saturated carbocycles. The van der Waals surface area contributed by atoms with Gasteiger partial charge in [0, 0.05) is 55.3 Å². The number of aryl methyl sites for hydroxylation is 1. The minimum atomic E-state index is -4.42. The fourth-order valence-corrected chi connectivity index (χ4v) is 8.77. The van der Waals surface area contributed by atoms with Crippen molar-refractivity contribution in [2.24, 2.45) is 0 Å². The van der Waals surface area contributed by atoms with E-state index in [9.17, 15) is 8.42 Å². The summed E-state index contributed by atoms with van der Waals surface area (Å²) in [7, 11) is 0.495. The molecule has 2 aliphatic rings. The van der Waals surface area contributed by atoms with Crippen molar-refractivity contribution in [3.05, 3.63) is 93.0 Å². The van der Waals surface area contributed by atoms with Crippen molar-refractivity contribution in [3.63, 3.8) is 0 Å². The van der Waals surface area contributed by atoms with Crippen LogP contribution in [0.5, 0.6) is 11.5 Å². The number of fused-ring (bicyclic) bond motifs is 1. The van der Waals surface area contributed by atoms with Gasteiger partial charge in [-0.25, -0.2) is 22.1 Å². The first-order valence-corrected chi connectivity index (χ1v) is 17.1. The SMILES string of the molecule is COc1ccc(CN(c2cscn2)S(=O)(=O)c2cc(Cl)c(N(C)C3CCN([C@H]4CCc5ccccc54)C3)cc2F)c(OC)c1.